The van der Waals surface area contributed by atoms with E-state index in [2.05, 4.69) is 5.32 Å². The lowest BCUT2D eigenvalue weighted by Crippen LogP contribution is -2.41. The Morgan fingerprint density at radius 2 is 1.57 bits per heavy atom. The molecule has 4 aromatic rings. The summed E-state index contributed by atoms with van der Waals surface area (Å²) in [6, 6.07) is 19.6. The molecule has 0 aliphatic carbocycles. The number of hydrogen-bond acceptors (Lipinski definition) is 3. The van der Waals surface area contributed by atoms with Crippen LogP contribution >= 0.6 is 0 Å². The van der Waals surface area contributed by atoms with Gasteiger partial charge in [-0.1, -0.05) is 54.6 Å². The van der Waals surface area contributed by atoms with E-state index in [1.807, 2.05) is 24.3 Å². The Morgan fingerprint density at radius 1 is 0.919 bits per heavy atom. The van der Waals surface area contributed by atoms with Gasteiger partial charge in [-0.05, 0) is 64.2 Å². The molecule has 1 amide bonds. The van der Waals surface area contributed by atoms with Gasteiger partial charge < -0.3 is 15.2 Å². The number of amides is 1. The number of nitrogens with one attached hydrogen (secondary N) is 1. The van der Waals surface area contributed by atoms with Crippen molar-refractivity contribution in [2.24, 2.45) is 0 Å². The molecule has 37 heavy (non-hydrogen) atoms. The summed E-state index contributed by atoms with van der Waals surface area (Å²) in [5.74, 6) is -0.944. The minimum absolute atomic E-state index is 0.0438. The summed E-state index contributed by atoms with van der Waals surface area (Å²) in [7, 11) is 1.58. The quantitative estimate of drug-likeness (QED) is 0.276. The van der Waals surface area contributed by atoms with Crippen LogP contribution in [0.25, 0.3) is 10.8 Å². The minimum Gasteiger partial charge on any atom is -0.386 e. The summed E-state index contributed by atoms with van der Waals surface area (Å²) >= 11 is 0. The number of aliphatic hydroxyl groups is 1. The van der Waals surface area contributed by atoms with Gasteiger partial charge in [0.15, 0.2) is 0 Å². The molecule has 0 fully saturated rings. The smallest absolute Gasteiger partial charge is 0.386 e. The van der Waals surface area contributed by atoms with E-state index < -0.39 is 35.6 Å². The first-order chi connectivity index (χ1) is 17.7. The van der Waals surface area contributed by atoms with Crippen LogP contribution in [-0.2, 0) is 23.9 Å². The topological polar surface area (TPSA) is 58.6 Å². The van der Waals surface area contributed by atoms with Crippen LogP contribution in [0.4, 0.5) is 17.6 Å². The van der Waals surface area contributed by atoms with Crippen molar-refractivity contribution in [3.8, 4) is 0 Å². The lowest BCUT2D eigenvalue weighted by molar-refractivity contribution is -0.137. The van der Waals surface area contributed by atoms with Gasteiger partial charge in [0.05, 0.1) is 24.3 Å². The number of halogens is 4. The van der Waals surface area contributed by atoms with Crippen molar-refractivity contribution in [2.45, 2.75) is 31.3 Å². The Labute approximate surface area is 211 Å². The lowest BCUT2D eigenvalue weighted by atomic mass is 9.94. The molecule has 0 radical (unpaired) electrons. The highest BCUT2D eigenvalue weighted by Crippen LogP contribution is 2.30. The van der Waals surface area contributed by atoms with Crippen LogP contribution in [0.5, 0.6) is 0 Å². The molecule has 0 heterocycles. The van der Waals surface area contributed by atoms with E-state index in [4.69, 9.17) is 4.74 Å². The number of fused-ring (bicyclic) bond motifs is 1. The van der Waals surface area contributed by atoms with E-state index in [1.54, 1.807) is 19.2 Å². The van der Waals surface area contributed by atoms with Crippen LogP contribution in [-0.4, -0.2) is 24.2 Å². The fourth-order valence-corrected chi connectivity index (χ4v) is 4.30. The van der Waals surface area contributed by atoms with Crippen LogP contribution in [0.3, 0.4) is 0 Å². The summed E-state index contributed by atoms with van der Waals surface area (Å²) in [6.45, 7) is 0.363. The molecule has 192 valence electrons. The predicted octanol–water partition coefficient (Wildman–Crippen LogP) is 6.22. The summed E-state index contributed by atoms with van der Waals surface area (Å²) < 4.78 is 57.7. The van der Waals surface area contributed by atoms with Crippen molar-refractivity contribution >= 4 is 16.7 Å². The van der Waals surface area contributed by atoms with Gasteiger partial charge >= 0.3 is 6.18 Å². The van der Waals surface area contributed by atoms with Crippen molar-refractivity contribution < 1.29 is 32.2 Å². The number of hydrogen-bond donors (Lipinski definition) is 2. The number of carbonyl (C=O) groups excluding carboxylic acids is 1. The highest BCUT2D eigenvalue weighted by Gasteiger charge is 2.30. The average molecular weight is 512 g/mol. The maximum Gasteiger partial charge on any atom is 0.416 e. The highest BCUT2D eigenvalue weighted by atomic mass is 19.4. The Balaban J connectivity index is 1.66. The zero-order valence-electron chi connectivity index (χ0n) is 19.9. The maximum atomic E-state index is 13.4. The van der Waals surface area contributed by atoms with Gasteiger partial charge in [-0.15, -0.1) is 0 Å². The molecule has 4 rings (SSSR count). The van der Waals surface area contributed by atoms with Gasteiger partial charge in [0.1, 0.15) is 5.82 Å². The van der Waals surface area contributed by atoms with Gasteiger partial charge in [0, 0.05) is 12.7 Å². The second-order valence-corrected chi connectivity index (χ2v) is 8.73. The average Bonchev–Trinajstić information content (AvgIpc) is 2.88. The van der Waals surface area contributed by atoms with Crippen LogP contribution in [0, 0.1) is 5.82 Å². The number of aliphatic hydroxyl groups excluding tert-OH is 1. The number of ether oxygens (including phenoxy) is 1. The SMILES string of the molecule is COCc1ccc(C(=O)N[C@@H](Cc2ccc(C(F)(F)F)cc2)[C@@H](O)c2ccc(F)cc2)c2ccccc12. The number of methoxy groups -OCH3 is 1. The van der Waals surface area contributed by atoms with Gasteiger partial charge in [-0.3, -0.25) is 4.79 Å². The van der Waals surface area contributed by atoms with E-state index in [1.165, 1.54) is 36.4 Å². The molecule has 2 N–H and O–H groups in total. The maximum absolute atomic E-state index is 13.4. The van der Waals surface area contributed by atoms with Crippen molar-refractivity contribution in [1.82, 2.24) is 5.32 Å². The first kappa shape index (κ1) is 26.3. The molecule has 0 spiro atoms. The fraction of sp³-hybridized carbons (Fsp3) is 0.207. The molecular formula is C29H25F4NO3. The number of benzene rings is 4. The largest absolute Gasteiger partial charge is 0.416 e. The number of carbonyl (C=O) groups is 1. The van der Waals surface area contributed by atoms with Crippen molar-refractivity contribution in [1.29, 1.82) is 0 Å². The molecule has 0 bridgehead atoms. The summed E-state index contributed by atoms with van der Waals surface area (Å²) in [5.41, 5.74) is 1.33. The van der Waals surface area contributed by atoms with Gasteiger partial charge in [0.25, 0.3) is 5.91 Å². The van der Waals surface area contributed by atoms with Crippen LogP contribution in [0.2, 0.25) is 0 Å². The van der Waals surface area contributed by atoms with Crippen LogP contribution in [0.15, 0.2) is 84.9 Å². The van der Waals surface area contributed by atoms with Gasteiger partial charge in [0.2, 0.25) is 0 Å². The third-order valence-corrected chi connectivity index (χ3v) is 6.20. The zero-order valence-corrected chi connectivity index (χ0v) is 19.9. The Bertz CT molecular complexity index is 1370. The summed E-state index contributed by atoms with van der Waals surface area (Å²) in [5, 5.41) is 15.5. The Hall–Kier alpha value is -3.75. The van der Waals surface area contributed by atoms with E-state index in [9.17, 15) is 27.5 Å². The highest BCUT2D eigenvalue weighted by molar-refractivity contribution is 6.08. The van der Waals surface area contributed by atoms with Gasteiger partial charge in [-0.25, -0.2) is 4.39 Å². The second kappa shape index (κ2) is 11.1. The van der Waals surface area contributed by atoms with Crippen LogP contribution < -0.4 is 5.32 Å². The molecule has 0 aliphatic rings. The summed E-state index contributed by atoms with van der Waals surface area (Å²) in [6.07, 6.45) is -5.68. The Kier molecular flexibility index (Phi) is 7.90. The normalized spacial score (nSPS) is 13.4. The second-order valence-electron chi connectivity index (χ2n) is 8.73. The molecular weight excluding hydrogens is 486 g/mol. The van der Waals surface area contributed by atoms with Gasteiger partial charge in [-0.2, -0.15) is 13.2 Å². The standard InChI is InChI=1S/C29H25F4NO3/c1-37-17-20-10-15-25(24-5-3-2-4-23(20)24)28(36)34-26(27(35)19-8-13-22(30)14-9-19)16-18-6-11-21(12-7-18)29(31,32)33/h2-15,26-27,35H,16-17H2,1H3,(H,34,36)/t26-,27-/m0/s1. The molecule has 0 saturated heterocycles. The first-order valence-corrected chi connectivity index (χ1v) is 11.6. The van der Waals surface area contributed by atoms with Crippen molar-refractivity contribution in [3.63, 3.8) is 0 Å². The van der Waals surface area contributed by atoms with E-state index in [0.29, 0.717) is 28.7 Å². The third kappa shape index (κ3) is 6.15. The molecule has 0 aliphatic heterocycles. The molecule has 4 nitrogen and oxygen atoms in total. The molecule has 2 atom stereocenters. The summed E-state index contributed by atoms with van der Waals surface area (Å²) in [4.78, 5) is 13.4. The molecule has 4 aromatic carbocycles. The predicted molar refractivity (Wildman–Crippen MR) is 132 cm³/mol. The van der Waals surface area contributed by atoms with Crippen LogP contribution in [0.1, 0.15) is 38.7 Å². The fourth-order valence-electron chi connectivity index (χ4n) is 4.30. The van der Waals surface area contributed by atoms with E-state index in [-0.39, 0.29) is 6.42 Å². The number of rotatable bonds is 8. The zero-order chi connectivity index (χ0) is 26.6. The van der Waals surface area contributed by atoms with Crippen molar-refractivity contribution in [2.75, 3.05) is 7.11 Å². The third-order valence-electron chi connectivity index (χ3n) is 6.20. The first-order valence-electron chi connectivity index (χ1n) is 11.6. The minimum atomic E-state index is -4.48. The molecule has 0 unspecified atom stereocenters. The van der Waals surface area contributed by atoms with E-state index >= 15 is 0 Å². The molecule has 8 heteroatoms. The van der Waals surface area contributed by atoms with Crippen molar-refractivity contribution in [3.05, 3.63) is 119 Å². The number of alkyl halides is 3. The van der Waals surface area contributed by atoms with E-state index in [0.717, 1.165) is 23.1 Å². The Morgan fingerprint density at radius 3 is 2.19 bits per heavy atom. The molecule has 0 saturated carbocycles. The monoisotopic (exact) mass is 511 g/mol. The molecule has 0 aromatic heterocycles. The lowest BCUT2D eigenvalue weighted by Gasteiger charge is -2.25.